The predicted octanol–water partition coefficient (Wildman–Crippen LogP) is 2.19. The standard InChI is InChI=1S/C11H11BrN2O/c1-6-5-7-3-4-8(12)10(13)9(7)11(15)14(6)2/h3-5H,13H2,1-2H3. The maximum atomic E-state index is 12.0. The van der Waals surface area contributed by atoms with Gasteiger partial charge in [-0.1, -0.05) is 6.07 Å². The number of nitrogen functional groups attached to an aromatic ring is 1. The summed E-state index contributed by atoms with van der Waals surface area (Å²) in [7, 11) is 1.75. The summed E-state index contributed by atoms with van der Waals surface area (Å²) in [6, 6.07) is 5.71. The molecule has 3 nitrogen and oxygen atoms in total. The first-order chi connectivity index (χ1) is 7.02. The van der Waals surface area contributed by atoms with Gasteiger partial charge in [0.25, 0.3) is 5.56 Å². The van der Waals surface area contributed by atoms with Crippen LogP contribution >= 0.6 is 15.9 Å². The molecule has 4 heteroatoms. The fourth-order valence-corrected chi connectivity index (χ4v) is 1.95. The lowest BCUT2D eigenvalue weighted by molar-refractivity contribution is 0.831. The van der Waals surface area contributed by atoms with E-state index in [0.717, 1.165) is 15.6 Å². The molecule has 0 unspecified atom stereocenters. The molecule has 0 radical (unpaired) electrons. The monoisotopic (exact) mass is 266 g/mol. The number of nitrogens with zero attached hydrogens (tertiary/aromatic N) is 1. The van der Waals surface area contributed by atoms with Gasteiger partial charge in [0.05, 0.1) is 11.1 Å². The van der Waals surface area contributed by atoms with Crippen LogP contribution < -0.4 is 11.3 Å². The molecule has 78 valence electrons. The second kappa shape index (κ2) is 3.38. The van der Waals surface area contributed by atoms with Crippen LogP contribution in [-0.2, 0) is 7.05 Å². The molecule has 2 rings (SSSR count). The largest absolute Gasteiger partial charge is 0.397 e. The van der Waals surface area contributed by atoms with E-state index < -0.39 is 0 Å². The Morgan fingerprint density at radius 1 is 1.40 bits per heavy atom. The van der Waals surface area contributed by atoms with Crippen molar-refractivity contribution in [1.29, 1.82) is 0 Å². The molecule has 15 heavy (non-hydrogen) atoms. The number of aromatic nitrogens is 1. The molecule has 2 aromatic rings. The molecule has 0 aliphatic carbocycles. The van der Waals surface area contributed by atoms with Crippen LogP contribution in [0.5, 0.6) is 0 Å². The van der Waals surface area contributed by atoms with Crippen molar-refractivity contribution in [2.45, 2.75) is 6.92 Å². The first-order valence-corrected chi connectivity index (χ1v) is 5.36. The van der Waals surface area contributed by atoms with Gasteiger partial charge in [-0.25, -0.2) is 0 Å². The number of halogens is 1. The summed E-state index contributed by atoms with van der Waals surface area (Å²) >= 11 is 3.32. The Morgan fingerprint density at radius 3 is 2.73 bits per heavy atom. The van der Waals surface area contributed by atoms with Crippen molar-refractivity contribution >= 4 is 32.4 Å². The van der Waals surface area contributed by atoms with Crippen LogP contribution in [0.4, 0.5) is 5.69 Å². The van der Waals surface area contributed by atoms with E-state index in [1.54, 1.807) is 11.6 Å². The molecule has 0 saturated heterocycles. The van der Waals surface area contributed by atoms with E-state index in [0.29, 0.717) is 11.1 Å². The van der Waals surface area contributed by atoms with E-state index in [-0.39, 0.29) is 5.56 Å². The van der Waals surface area contributed by atoms with Crippen LogP contribution in [-0.4, -0.2) is 4.57 Å². The third kappa shape index (κ3) is 1.45. The maximum Gasteiger partial charge on any atom is 0.260 e. The van der Waals surface area contributed by atoms with Crippen LogP contribution in [0.15, 0.2) is 27.5 Å². The van der Waals surface area contributed by atoms with Crippen molar-refractivity contribution in [3.8, 4) is 0 Å². The van der Waals surface area contributed by atoms with Gasteiger partial charge < -0.3 is 10.3 Å². The van der Waals surface area contributed by atoms with Crippen LogP contribution in [0.25, 0.3) is 10.8 Å². The zero-order valence-corrected chi connectivity index (χ0v) is 10.1. The Bertz CT molecular complexity index is 602. The topological polar surface area (TPSA) is 48.0 Å². The Hall–Kier alpha value is -1.29. The molecule has 1 heterocycles. The van der Waals surface area contributed by atoms with Crippen molar-refractivity contribution in [1.82, 2.24) is 4.57 Å². The zero-order valence-electron chi connectivity index (χ0n) is 8.54. The van der Waals surface area contributed by atoms with Crippen molar-refractivity contribution in [3.05, 3.63) is 38.7 Å². The number of fused-ring (bicyclic) bond motifs is 1. The molecule has 0 saturated carbocycles. The molecule has 0 fully saturated rings. The second-order valence-corrected chi connectivity index (χ2v) is 4.43. The van der Waals surface area contributed by atoms with Crippen molar-refractivity contribution in [3.63, 3.8) is 0 Å². The van der Waals surface area contributed by atoms with E-state index in [4.69, 9.17) is 5.73 Å². The molecule has 0 spiro atoms. The molecular formula is C11H11BrN2O. The molecule has 1 aromatic heterocycles. The summed E-state index contributed by atoms with van der Waals surface area (Å²) < 4.78 is 2.36. The van der Waals surface area contributed by atoms with Crippen LogP contribution in [0.2, 0.25) is 0 Å². The first kappa shape index (κ1) is 10.2. The molecule has 1 aromatic carbocycles. The van der Waals surface area contributed by atoms with E-state index in [9.17, 15) is 4.79 Å². The minimum absolute atomic E-state index is 0.0520. The highest BCUT2D eigenvalue weighted by Crippen LogP contribution is 2.26. The van der Waals surface area contributed by atoms with Gasteiger partial charge in [-0.15, -0.1) is 0 Å². The van der Waals surface area contributed by atoms with E-state index in [1.807, 2.05) is 25.1 Å². The van der Waals surface area contributed by atoms with Crippen molar-refractivity contribution in [2.75, 3.05) is 5.73 Å². The average molecular weight is 267 g/mol. The van der Waals surface area contributed by atoms with Gasteiger partial charge in [0.1, 0.15) is 0 Å². The predicted molar refractivity (Wildman–Crippen MR) is 66.0 cm³/mol. The third-order valence-electron chi connectivity index (χ3n) is 2.64. The van der Waals surface area contributed by atoms with Crippen LogP contribution in [0.3, 0.4) is 0 Å². The molecule has 0 bridgehead atoms. The number of hydrogen-bond donors (Lipinski definition) is 1. The minimum Gasteiger partial charge on any atom is -0.397 e. The maximum absolute atomic E-state index is 12.0. The van der Waals surface area contributed by atoms with E-state index in [1.165, 1.54) is 0 Å². The normalized spacial score (nSPS) is 10.9. The highest BCUT2D eigenvalue weighted by Gasteiger charge is 2.08. The summed E-state index contributed by atoms with van der Waals surface area (Å²) in [4.78, 5) is 12.0. The van der Waals surface area contributed by atoms with Gasteiger partial charge in [0, 0.05) is 17.2 Å². The number of nitrogens with two attached hydrogens (primary N) is 1. The molecular weight excluding hydrogens is 256 g/mol. The van der Waals surface area contributed by atoms with Crippen molar-refractivity contribution < 1.29 is 0 Å². The number of pyridine rings is 1. The molecule has 0 atom stereocenters. The van der Waals surface area contributed by atoms with Gasteiger partial charge in [-0.05, 0) is 40.4 Å². The fraction of sp³-hybridized carbons (Fsp3) is 0.182. The molecule has 2 N–H and O–H groups in total. The van der Waals surface area contributed by atoms with Gasteiger partial charge >= 0.3 is 0 Å². The molecule has 0 aliphatic rings. The Morgan fingerprint density at radius 2 is 2.07 bits per heavy atom. The van der Waals surface area contributed by atoms with Gasteiger partial charge in [-0.2, -0.15) is 0 Å². The van der Waals surface area contributed by atoms with Crippen LogP contribution in [0, 0.1) is 6.92 Å². The average Bonchev–Trinajstić information content (AvgIpc) is 2.20. The summed E-state index contributed by atoms with van der Waals surface area (Å²) in [5.74, 6) is 0. The lowest BCUT2D eigenvalue weighted by Gasteiger charge is -2.08. The van der Waals surface area contributed by atoms with E-state index in [2.05, 4.69) is 15.9 Å². The highest BCUT2D eigenvalue weighted by molar-refractivity contribution is 9.10. The Kier molecular flexibility index (Phi) is 2.31. The third-order valence-corrected chi connectivity index (χ3v) is 3.33. The smallest absolute Gasteiger partial charge is 0.260 e. The number of benzene rings is 1. The van der Waals surface area contributed by atoms with Gasteiger partial charge in [0.15, 0.2) is 0 Å². The number of hydrogen-bond acceptors (Lipinski definition) is 2. The zero-order chi connectivity index (χ0) is 11.2. The van der Waals surface area contributed by atoms with Gasteiger partial charge in [-0.3, -0.25) is 4.79 Å². The second-order valence-electron chi connectivity index (χ2n) is 3.58. The lowest BCUT2D eigenvalue weighted by Crippen LogP contribution is -2.19. The van der Waals surface area contributed by atoms with E-state index >= 15 is 0 Å². The SMILES string of the molecule is Cc1cc2ccc(Br)c(N)c2c(=O)n1C. The molecule has 0 amide bonds. The fourth-order valence-electron chi connectivity index (χ4n) is 1.62. The summed E-state index contributed by atoms with van der Waals surface area (Å²) in [6.45, 7) is 1.90. The number of rotatable bonds is 0. The number of anilines is 1. The van der Waals surface area contributed by atoms with Crippen molar-refractivity contribution in [2.24, 2.45) is 7.05 Å². The summed E-state index contributed by atoms with van der Waals surface area (Å²) in [6.07, 6.45) is 0. The quantitative estimate of drug-likeness (QED) is 0.744. The Labute approximate surface area is 95.6 Å². The summed E-state index contributed by atoms with van der Waals surface area (Å²) in [5.41, 5.74) is 7.26. The summed E-state index contributed by atoms with van der Waals surface area (Å²) in [5, 5.41) is 1.47. The molecule has 0 aliphatic heterocycles. The highest BCUT2D eigenvalue weighted by atomic mass is 79.9. The number of aryl methyl sites for hydroxylation is 1. The van der Waals surface area contributed by atoms with Gasteiger partial charge in [0.2, 0.25) is 0 Å². The Balaban J connectivity index is 3.08. The van der Waals surface area contributed by atoms with Crippen LogP contribution in [0.1, 0.15) is 5.69 Å². The minimum atomic E-state index is -0.0520. The lowest BCUT2D eigenvalue weighted by atomic mass is 10.1. The first-order valence-electron chi connectivity index (χ1n) is 4.56.